The van der Waals surface area contributed by atoms with E-state index in [1.807, 2.05) is 28.8 Å². The summed E-state index contributed by atoms with van der Waals surface area (Å²) in [6.07, 6.45) is 3.55. The minimum atomic E-state index is -0.394. The molecule has 22 heavy (non-hydrogen) atoms. The van der Waals surface area contributed by atoms with E-state index in [0.717, 1.165) is 30.0 Å². The van der Waals surface area contributed by atoms with Gasteiger partial charge in [0.15, 0.2) is 5.69 Å². The fraction of sp³-hybridized carbons (Fsp3) is 0.412. The van der Waals surface area contributed by atoms with Crippen LogP contribution in [-0.2, 0) is 4.74 Å². The van der Waals surface area contributed by atoms with Gasteiger partial charge in [0.2, 0.25) is 0 Å². The number of nitrogens with zero attached hydrogens (tertiary/aromatic N) is 2. The highest BCUT2D eigenvalue weighted by Crippen LogP contribution is 2.29. The lowest BCUT2D eigenvalue weighted by molar-refractivity contribution is 0.0592. The van der Waals surface area contributed by atoms with Gasteiger partial charge < -0.3 is 14.0 Å². The van der Waals surface area contributed by atoms with Gasteiger partial charge in [-0.3, -0.25) is 0 Å². The van der Waals surface area contributed by atoms with E-state index in [1.54, 1.807) is 13.4 Å². The van der Waals surface area contributed by atoms with Gasteiger partial charge in [0.25, 0.3) is 0 Å². The van der Waals surface area contributed by atoms with Crippen LogP contribution in [0.5, 0.6) is 5.75 Å². The molecule has 0 saturated heterocycles. The summed E-state index contributed by atoms with van der Waals surface area (Å²) in [7, 11) is 3.02. The molecular formula is C17H22N2O3. The SMILES string of the molecule is CCC(CC)c1c(C(=O)OC)ncn1-c1ccc(OC)cc1. The quantitative estimate of drug-likeness (QED) is 0.765. The smallest absolute Gasteiger partial charge is 0.358 e. The van der Waals surface area contributed by atoms with Crippen LogP contribution in [0.4, 0.5) is 0 Å². The predicted octanol–water partition coefficient (Wildman–Crippen LogP) is 3.57. The summed E-state index contributed by atoms with van der Waals surface area (Å²) >= 11 is 0. The first-order valence-corrected chi connectivity index (χ1v) is 7.46. The van der Waals surface area contributed by atoms with Crippen LogP contribution in [0.2, 0.25) is 0 Å². The first-order valence-electron chi connectivity index (χ1n) is 7.46. The molecule has 0 atom stereocenters. The Morgan fingerprint density at radius 3 is 2.32 bits per heavy atom. The van der Waals surface area contributed by atoms with E-state index in [0.29, 0.717) is 5.69 Å². The molecule has 0 radical (unpaired) electrons. The third-order valence-electron chi connectivity index (χ3n) is 3.91. The number of carbonyl (C=O) groups is 1. The van der Waals surface area contributed by atoms with Crippen LogP contribution in [0, 0.1) is 0 Å². The van der Waals surface area contributed by atoms with Gasteiger partial charge >= 0.3 is 5.97 Å². The highest BCUT2D eigenvalue weighted by atomic mass is 16.5. The summed E-state index contributed by atoms with van der Waals surface area (Å²) < 4.78 is 12.0. The van der Waals surface area contributed by atoms with Crippen LogP contribution in [-0.4, -0.2) is 29.7 Å². The van der Waals surface area contributed by atoms with E-state index < -0.39 is 5.97 Å². The van der Waals surface area contributed by atoms with Crippen molar-refractivity contribution in [2.75, 3.05) is 14.2 Å². The number of rotatable bonds is 6. The standard InChI is InChI=1S/C17H22N2O3/c1-5-12(6-2)16-15(17(20)22-4)18-11-19(16)13-7-9-14(21-3)10-8-13/h7-12H,5-6H2,1-4H3. The number of imidazole rings is 1. The zero-order valence-corrected chi connectivity index (χ0v) is 13.5. The van der Waals surface area contributed by atoms with E-state index in [2.05, 4.69) is 18.8 Å². The molecule has 118 valence electrons. The average molecular weight is 302 g/mol. The lowest BCUT2D eigenvalue weighted by Crippen LogP contribution is -2.12. The number of carbonyl (C=O) groups excluding carboxylic acids is 1. The largest absolute Gasteiger partial charge is 0.497 e. The zero-order valence-electron chi connectivity index (χ0n) is 13.5. The second kappa shape index (κ2) is 7.11. The second-order valence-corrected chi connectivity index (χ2v) is 5.05. The molecule has 0 spiro atoms. The monoisotopic (exact) mass is 302 g/mol. The Morgan fingerprint density at radius 1 is 1.18 bits per heavy atom. The van der Waals surface area contributed by atoms with Crippen LogP contribution >= 0.6 is 0 Å². The van der Waals surface area contributed by atoms with Crippen molar-refractivity contribution in [3.05, 3.63) is 42.0 Å². The van der Waals surface area contributed by atoms with Crippen molar-refractivity contribution in [2.24, 2.45) is 0 Å². The summed E-state index contributed by atoms with van der Waals surface area (Å²) in [5.41, 5.74) is 2.25. The van der Waals surface area contributed by atoms with Crippen LogP contribution in [0.1, 0.15) is 48.8 Å². The Kier molecular flexibility index (Phi) is 5.20. The van der Waals surface area contributed by atoms with E-state index in [-0.39, 0.29) is 5.92 Å². The summed E-state index contributed by atoms with van der Waals surface area (Å²) in [4.78, 5) is 16.3. The molecule has 0 aliphatic heterocycles. The van der Waals surface area contributed by atoms with E-state index in [1.165, 1.54) is 7.11 Å². The molecule has 2 rings (SSSR count). The number of methoxy groups -OCH3 is 2. The van der Waals surface area contributed by atoms with Crippen molar-refractivity contribution in [2.45, 2.75) is 32.6 Å². The Balaban J connectivity index is 2.54. The zero-order chi connectivity index (χ0) is 16.1. The first kappa shape index (κ1) is 16.1. The molecule has 0 aliphatic rings. The van der Waals surface area contributed by atoms with Crippen molar-refractivity contribution < 1.29 is 14.3 Å². The Morgan fingerprint density at radius 2 is 1.82 bits per heavy atom. The molecule has 0 aliphatic carbocycles. The highest BCUT2D eigenvalue weighted by Gasteiger charge is 2.24. The number of benzene rings is 1. The maximum atomic E-state index is 12.0. The van der Waals surface area contributed by atoms with E-state index in [4.69, 9.17) is 9.47 Å². The molecule has 5 heteroatoms. The van der Waals surface area contributed by atoms with Crippen LogP contribution in [0.25, 0.3) is 5.69 Å². The highest BCUT2D eigenvalue weighted by molar-refractivity contribution is 5.88. The molecule has 0 unspecified atom stereocenters. The minimum absolute atomic E-state index is 0.249. The lowest BCUT2D eigenvalue weighted by atomic mass is 9.97. The molecule has 2 aromatic rings. The first-order chi connectivity index (χ1) is 10.7. The van der Waals surface area contributed by atoms with E-state index in [9.17, 15) is 4.79 Å². The summed E-state index contributed by atoms with van der Waals surface area (Å²) in [5, 5.41) is 0. The molecule has 1 aromatic heterocycles. The number of aromatic nitrogens is 2. The molecule has 0 saturated carbocycles. The van der Waals surface area contributed by atoms with Gasteiger partial charge in [-0.05, 0) is 37.1 Å². The molecule has 5 nitrogen and oxygen atoms in total. The lowest BCUT2D eigenvalue weighted by Gasteiger charge is -2.17. The summed E-state index contributed by atoms with van der Waals surface area (Å²) in [5.74, 6) is 0.647. The van der Waals surface area contributed by atoms with E-state index >= 15 is 0 Å². The van der Waals surface area contributed by atoms with Crippen LogP contribution < -0.4 is 4.74 Å². The van der Waals surface area contributed by atoms with Gasteiger partial charge in [-0.1, -0.05) is 13.8 Å². The van der Waals surface area contributed by atoms with Gasteiger partial charge in [-0.2, -0.15) is 0 Å². The molecule has 0 fully saturated rings. The van der Waals surface area contributed by atoms with Gasteiger partial charge in [-0.15, -0.1) is 0 Å². The second-order valence-electron chi connectivity index (χ2n) is 5.05. The van der Waals surface area contributed by atoms with Gasteiger partial charge in [0.1, 0.15) is 12.1 Å². The van der Waals surface area contributed by atoms with Crippen molar-refractivity contribution in [1.29, 1.82) is 0 Å². The average Bonchev–Trinajstić information content (AvgIpc) is 3.00. The van der Waals surface area contributed by atoms with Crippen molar-refractivity contribution >= 4 is 5.97 Å². The Hall–Kier alpha value is -2.30. The minimum Gasteiger partial charge on any atom is -0.497 e. The molecule has 0 bridgehead atoms. The third-order valence-corrected chi connectivity index (χ3v) is 3.91. The molecule has 0 amide bonds. The van der Waals surface area contributed by atoms with Crippen molar-refractivity contribution in [3.8, 4) is 11.4 Å². The van der Waals surface area contributed by atoms with Gasteiger partial charge in [-0.25, -0.2) is 9.78 Å². The van der Waals surface area contributed by atoms with Crippen molar-refractivity contribution in [1.82, 2.24) is 9.55 Å². The Bertz CT molecular complexity index is 628. The third kappa shape index (κ3) is 2.98. The summed E-state index contributed by atoms with van der Waals surface area (Å²) in [6, 6.07) is 7.69. The normalized spacial score (nSPS) is 10.8. The number of esters is 1. The predicted molar refractivity (Wildman–Crippen MR) is 84.8 cm³/mol. The van der Waals surface area contributed by atoms with Gasteiger partial charge in [0.05, 0.1) is 19.9 Å². The fourth-order valence-electron chi connectivity index (χ4n) is 2.63. The topological polar surface area (TPSA) is 53.3 Å². The van der Waals surface area contributed by atoms with Crippen molar-refractivity contribution in [3.63, 3.8) is 0 Å². The molecule has 1 aromatic carbocycles. The molecular weight excluding hydrogens is 280 g/mol. The fourth-order valence-corrected chi connectivity index (χ4v) is 2.63. The molecule has 0 N–H and O–H groups in total. The number of hydrogen-bond donors (Lipinski definition) is 0. The van der Waals surface area contributed by atoms with Gasteiger partial charge in [0, 0.05) is 11.6 Å². The maximum Gasteiger partial charge on any atom is 0.358 e. The number of ether oxygens (including phenoxy) is 2. The Labute approximate surface area is 130 Å². The summed E-state index contributed by atoms with van der Waals surface area (Å²) in [6.45, 7) is 4.22. The van der Waals surface area contributed by atoms with Crippen LogP contribution in [0.3, 0.4) is 0 Å². The van der Waals surface area contributed by atoms with Crippen LogP contribution in [0.15, 0.2) is 30.6 Å². The maximum absolute atomic E-state index is 12.0. The molecule has 1 heterocycles. The number of hydrogen-bond acceptors (Lipinski definition) is 4.